The van der Waals surface area contributed by atoms with Gasteiger partial charge in [0.15, 0.2) is 5.96 Å². The van der Waals surface area contributed by atoms with Gasteiger partial charge >= 0.3 is 0 Å². The summed E-state index contributed by atoms with van der Waals surface area (Å²) < 4.78 is 7.85. The third kappa shape index (κ3) is 7.00. The maximum Gasteiger partial charge on any atom is 0.193 e. The van der Waals surface area contributed by atoms with Crippen LogP contribution in [0.5, 0.6) is 5.75 Å². The zero-order valence-electron chi connectivity index (χ0n) is 18.1. The van der Waals surface area contributed by atoms with E-state index >= 15 is 0 Å². The molecule has 1 aromatic carbocycles. The summed E-state index contributed by atoms with van der Waals surface area (Å²) in [6.07, 6.45) is 2.12. The Bertz CT molecular complexity index is 755. The van der Waals surface area contributed by atoms with E-state index in [4.69, 9.17) is 4.74 Å². The number of hydrogen-bond acceptors (Lipinski definition) is 3. The van der Waals surface area contributed by atoms with Crippen molar-refractivity contribution in [2.45, 2.75) is 46.3 Å². The predicted octanol–water partition coefficient (Wildman–Crippen LogP) is 3.94. The molecule has 1 atom stereocenters. The lowest BCUT2D eigenvalue weighted by Gasteiger charge is -2.24. The first-order valence-corrected chi connectivity index (χ1v) is 9.47. The first-order valence-electron chi connectivity index (χ1n) is 9.47. The molecule has 0 saturated heterocycles. The van der Waals surface area contributed by atoms with Crippen molar-refractivity contribution >= 4 is 29.9 Å². The lowest BCUT2D eigenvalue weighted by atomic mass is 10.1. The molecule has 0 spiro atoms. The molecule has 28 heavy (non-hydrogen) atoms. The second-order valence-electron chi connectivity index (χ2n) is 7.39. The fourth-order valence-electron chi connectivity index (χ4n) is 3.00. The highest BCUT2D eigenvalue weighted by Crippen LogP contribution is 2.18. The largest absolute Gasteiger partial charge is 0.489 e. The number of hydrogen-bond donors (Lipinski definition) is 1. The lowest BCUT2D eigenvalue weighted by Crippen LogP contribution is -2.42. The minimum atomic E-state index is 0. The molecule has 0 aliphatic heterocycles. The average Bonchev–Trinajstić information content (AvgIpc) is 2.98. The van der Waals surface area contributed by atoms with Crippen LogP contribution in [0.3, 0.4) is 0 Å². The van der Waals surface area contributed by atoms with E-state index in [0.717, 1.165) is 23.9 Å². The van der Waals surface area contributed by atoms with Gasteiger partial charge in [-0.05, 0) is 31.9 Å². The topological polar surface area (TPSA) is 54.7 Å². The van der Waals surface area contributed by atoms with Gasteiger partial charge in [-0.15, -0.1) is 24.0 Å². The molecule has 1 N–H and O–H groups in total. The molecular weight excluding hydrogens is 465 g/mol. The van der Waals surface area contributed by atoms with Crippen molar-refractivity contribution in [3.8, 4) is 5.75 Å². The van der Waals surface area contributed by atoms with Crippen molar-refractivity contribution in [3.05, 3.63) is 47.3 Å². The molecule has 1 unspecified atom stereocenters. The zero-order chi connectivity index (χ0) is 20.0. The van der Waals surface area contributed by atoms with Crippen molar-refractivity contribution < 1.29 is 4.74 Å². The van der Waals surface area contributed by atoms with Crippen LogP contribution in [-0.4, -0.2) is 47.4 Å². The molecule has 2 aromatic rings. The van der Waals surface area contributed by atoms with Crippen LogP contribution in [0.2, 0.25) is 0 Å². The van der Waals surface area contributed by atoms with Crippen molar-refractivity contribution in [2.24, 2.45) is 12.0 Å². The van der Waals surface area contributed by atoms with Gasteiger partial charge in [-0.2, -0.15) is 5.10 Å². The molecule has 0 bridgehead atoms. The Labute approximate surface area is 186 Å². The molecule has 0 aliphatic rings. The standard InChI is InChI=1S/C21H33N5O.HI/c1-15(2)20-18(14-26(7)24-20)13-25(6)21(22-5)23-12-17(4)27-19-10-8-16(3)9-11-19;/h8-11,14-15,17H,12-13H2,1-7H3,(H,22,23);1H. The summed E-state index contributed by atoms with van der Waals surface area (Å²) >= 11 is 0. The number of aromatic nitrogens is 2. The lowest BCUT2D eigenvalue weighted by molar-refractivity contribution is 0.222. The van der Waals surface area contributed by atoms with E-state index in [9.17, 15) is 0 Å². The van der Waals surface area contributed by atoms with E-state index in [-0.39, 0.29) is 30.1 Å². The van der Waals surface area contributed by atoms with Crippen LogP contribution >= 0.6 is 24.0 Å². The molecule has 0 amide bonds. The van der Waals surface area contributed by atoms with Crippen LogP contribution in [0.4, 0.5) is 0 Å². The van der Waals surface area contributed by atoms with Gasteiger partial charge in [0.1, 0.15) is 11.9 Å². The van der Waals surface area contributed by atoms with Gasteiger partial charge in [-0.25, -0.2) is 0 Å². The first kappa shape index (κ1) is 24.3. The molecule has 156 valence electrons. The number of aryl methyl sites for hydroxylation is 2. The molecular formula is C21H34IN5O. The summed E-state index contributed by atoms with van der Waals surface area (Å²) in [5, 5.41) is 7.99. The highest BCUT2D eigenvalue weighted by molar-refractivity contribution is 14.0. The summed E-state index contributed by atoms with van der Waals surface area (Å²) in [5.74, 6) is 2.12. The highest BCUT2D eigenvalue weighted by atomic mass is 127. The average molecular weight is 499 g/mol. The normalized spacial score (nSPS) is 12.5. The fraction of sp³-hybridized carbons (Fsp3) is 0.524. The molecule has 1 heterocycles. The molecule has 0 fully saturated rings. The van der Waals surface area contributed by atoms with E-state index in [1.54, 1.807) is 7.05 Å². The van der Waals surface area contributed by atoms with Crippen LogP contribution < -0.4 is 10.1 Å². The number of halogens is 1. The minimum Gasteiger partial charge on any atom is -0.489 e. The SMILES string of the molecule is CN=C(NCC(C)Oc1ccc(C)cc1)N(C)Cc1cn(C)nc1C(C)C.I. The quantitative estimate of drug-likeness (QED) is 0.356. The van der Waals surface area contributed by atoms with E-state index in [2.05, 4.69) is 66.3 Å². The van der Waals surface area contributed by atoms with Crippen LogP contribution in [-0.2, 0) is 13.6 Å². The molecule has 0 aliphatic carbocycles. The second kappa shape index (κ2) is 11.3. The van der Waals surface area contributed by atoms with E-state index < -0.39 is 0 Å². The molecule has 0 saturated carbocycles. The number of rotatable bonds is 7. The number of nitrogens with one attached hydrogen (secondary N) is 1. The Morgan fingerprint density at radius 2 is 1.89 bits per heavy atom. The van der Waals surface area contributed by atoms with Gasteiger partial charge < -0.3 is 15.0 Å². The molecule has 1 aromatic heterocycles. The summed E-state index contributed by atoms with van der Waals surface area (Å²) in [5.41, 5.74) is 3.59. The van der Waals surface area contributed by atoms with Gasteiger partial charge in [0.05, 0.1) is 12.2 Å². The molecule has 7 heteroatoms. The van der Waals surface area contributed by atoms with Crippen molar-refractivity contribution in [2.75, 3.05) is 20.6 Å². The monoisotopic (exact) mass is 499 g/mol. The van der Waals surface area contributed by atoms with Crippen molar-refractivity contribution in [1.82, 2.24) is 20.0 Å². The van der Waals surface area contributed by atoms with Gasteiger partial charge in [0.2, 0.25) is 0 Å². The second-order valence-corrected chi connectivity index (χ2v) is 7.39. The maximum absolute atomic E-state index is 5.97. The molecule has 0 radical (unpaired) electrons. The Morgan fingerprint density at radius 3 is 2.46 bits per heavy atom. The summed E-state index contributed by atoms with van der Waals surface area (Å²) in [6.45, 7) is 9.90. The van der Waals surface area contributed by atoms with Gasteiger partial charge in [-0.3, -0.25) is 9.67 Å². The van der Waals surface area contributed by atoms with Gasteiger partial charge in [0, 0.05) is 39.4 Å². The van der Waals surface area contributed by atoms with Crippen molar-refractivity contribution in [3.63, 3.8) is 0 Å². The van der Waals surface area contributed by atoms with Crippen LogP contribution in [0.25, 0.3) is 0 Å². The zero-order valence-corrected chi connectivity index (χ0v) is 20.4. The fourth-order valence-corrected chi connectivity index (χ4v) is 3.00. The number of nitrogens with zero attached hydrogens (tertiary/aromatic N) is 4. The Hall–Kier alpha value is -1.77. The maximum atomic E-state index is 5.97. The van der Waals surface area contributed by atoms with Gasteiger partial charge in [0.25, 0.3) is 0 Å². The van der Waals surface area contributed by atoms with E-state index in [1.165, 1.54) is 11.1 Å². The summed E-state index contributed by atoms with van der Waals surface area (Å²) in [4.78, 5) is 6.52. The number of guanidine groups is 1. The van der Waals surface area contributed by atoms with E-state index in [0.29, 0.717) is 12.5 Å². The highest BCUT2D eigenvalue weighted by Gasteiger charge is 2.15. The summed E-state index contributed by atoms with van der Waals surface area (Å²) in [7, 11) is 5.81. The smallest absolute Gasteiger partial charge is 0.193 e. The third-order valence-electron chi connectivity index (χ3n) is 4.37. The molecule has 2 rings (SSSR count). The van der Waals surface area contributed by atoms with Crippen LogP contribution in [0.15, 0.2) is 35.5 Å². The summed E-state index contributed by atoms with van der Waals surface area (Å²) in [6, 6.07) is 8.12. The minimum absolute atomic E-state index is 0. The van der Waals surface area contributed by atoms with Crippen LogP contribution in [0.1, 0.15) is 43.5 Å². The Kier molecular flexibility index (Phi) is 9.78. The predicted molar refractivity (Wildman–Crippen MR) is 127 cm³/mol. The van der Waals surface area contributed by atoms with Gasteiger partial charge in [-0.1, -0.05) is 31.5 Å². The third-order valence-corrected chi connectivity index (χ3v) is 4.37. The Morgan fingerprint density at radius 1 is 1.25 bits per heavy atom. The van der Waals surface area contributed by atoms with Crippen molar-refractivity contribution in [1.29, 1.82) is 0 Å². The number of aliphatic imine (C=N–C) groups is 1. The number of benzene rings is 1. The first-order chi connectivity index (χ1) is 12.8. The van der Waals surface area contributed by atoms with E-state index in [1.807, 2.05) is 30.9 Å². The Balaban J connectivity index is 0.00000392. The van der Waals surface area contributed by atoms with Crippen LogP contribution in [0, 0.1) is 6.92 Å². The number of ether oxygens (including phenoxy) is 1. The molecule has 6 nitrogen and oxygen atoms in total.